The van der Waals surface area contributed by atoms with Crippen LogP contribution in [0.2, 0.25) is 0 Å². The second-order valence-corrected chi connectivity index (χ2v) is 41.8. The van der Waals surface area contributed by atoms with Crippen LogP contribution in [0, 0.1) is 34.6 Å². The molecule has 0 aromatic heterocycles. The molecule has 5 fully saturated rings. The van der Waals surface area contributed by atoms with E-state index in [2.05, 4.69) is 40.7 Å². The molecular formula is C90H116N16O28S5. The highest BCUT2D eigenvalue weighted by Gasteiger charge is 2.50. The van der Waals surface area contributed by atoms with E-state index in [0.717, 1.165) is 52.1 Å². The Morgan fingerprint density at radius 1 is 0.446 bits per heavy atom. The summed E-state index contributed by atoms with van der Waals surface area (Å²) in [5, 5.41) is 32.2. The molecule has 0 unspecified atom stereocenters. The number of aliphatic hydroxyl groups is 1. The van der Waals surface area contributed by atoms with Crippen LogP contribution in [-0.2, 0) is 120 Å². The molecule has 4 amide bonds. The van der Waals surface area contributed by atoms with Gasteiger partial charge in [-0.15, -0.1) is 0 Å². The Bertz CT molecular complexity index is 6150. The van der Waals surface area contributed by atoms with Crippen LogP contribution < -0.4 is 31.2 Å². The molecule has 5 aliphatic rings. The number of sulfonamides is 4. The number of ether oxygens (including phenoxy) is 6. The Balaban J connectivity index is 0.000000246. The predicted molar refractivity (Wildman–Crippen MR) is 504 cm³/mol. The van der Waals surface area contributed by atoms with Gasteiger partial charge in [0.2, 0.25) is 51.9 Å². The summed E-state index contributed by atoms with van der Waals surface area (Å²) in [4.78, 5) is 117. The third-order valence-corrected chi connectivity index (χ3v) is 30.8. The SMILES string of the molecule is CC.COC(=O)[C@@H]1C[C@@H](N=[N+]=[N-])CN1S(=O)(=O)c1ccc(C)cc1.COC(=O)[C@@H]1C[C@H](OS(=O)(=O)c2ccc(C)cc2)CN1S(=O)(=O)c1ccc(C)cc1.COC(=O)[C@H](Cc1ccc(OC(=O)N(C)C)cc1)NC(=O)[C@@H]1C[C@@H](N)CN1S(=O)(=O)c1ccc(C)cc1.COC(=O)[C@H](Cc1ccc(OC(=O)N(C)C)cc1)NC(=O)[C@@H]1C[C@@H](N=[N+]=[N-])CN1S(=O)(=O)c1ccc(C)cc1.O=C(O)[C@@H]1C[C@H](O)CN1. The van der Waals surface area contributed by atoms with Gasteiger partial charge in [0, 0.05) is 102 Å². The summed E-state index contributed by atoms with van der Waals surface area (Å²) < 4.78 is 169. The number of aryl methyl sites for hydroxylation is 5. The molecule has 5 heterocycles. The highest BCUT2D eigenvalue weighted by Crippen LogP contribution is 2.35. The molecule has 44 nitrogen and oxygen atoms in total. The van der Waals surface area contributed by atoms with Crippen LogP contribution in [0.15, 0.2) is 205 Å². The number of carboxylic acid groups (broad SMARTS) is 1. The molecule has 49 heteroatoms. The number of methoxy groups -OCH3 is 4. The zero-order valence-corrected chi connectivity index (χ0v) is 83.2. The fourth-order valence-corrected chi connectivity index (χ4v) is 22.1. The van der Waals surface area contributed by atoms with Gasteiger partial charge in [0.05, 0.1) is 77.2 Å². The summed E-state index contributed by atoms with van der Waals surface area (Å²) in [6.07, 6.45) is -2.14. The van der Waals surface area contributed by atoms with Gasteiger partial charge in [0.25, 0.3) is 10.1 Å². The number of β-amino-alcohol motifs (C(OH)–C–C–N with tert-alkyl or cyclic N) is 1. The van der Waals surface area contributed by atoms with E-state index in [1.54, 1.807) is 137 Å². The predicted octanol–water partition coefficient (Wildman–Crippen LogP) is 6.89. The van der Waals surface area contributed by atoms with Gasteiger partial charge in [-0.1, -0.05) is 137 Å². The van der Waals surface area contributed by atoms with Crippen LogP contribution >= 0.6 is 0 Å². The van der Waals surface area contributed by atoms with Gasteiger partial charge in [-0.05, 0) is 161 Å². The van der Waals surface area contributed by atoms with Crippen molar-refractivity contribution in [2.75, 3.05) is 89.4 Å². The van der Waals surface area contributed by atoms with E-state index in [9.17, 15) is 85.2 Å². The molecule has 0 aliphatic carbocycles. The Kier molecular flexibility index (Phi) is 41.9. The van der Waals surface area contributed by atoms with E-state index >= 15 is 0 Å². The molecule has 7 aromatic carbocycles. The van der Waals surface area contributed by atoms with Crippen molar-refractivity contribution in [1.82, 2.24) is 43.0 Å². The van der Waals surface area contributed by atoms with Gasteiger partial charge >= 0.3 is 42.0 Å². The quantitative estimate of drug-likeness (QED) is 0.00726. The van der Waals surface area contributed by atoms with Crippen LogP contribution in [-0.4, -0.2) is 295 Å². The first-order chi connectivity index (χ1) is 65.5. The maximum absolute atomic E-state index is 13.4. The van der Waals surface area contributed by atoms with Crippen LogP contribution in [0.1, 0.15) is 84.9 Å². The maximum atomic E-state index is 13.4. The van der Waals surface area contributed by atoms with E-state index in [-0.39, 0.29) is 89.2 Å². The lowest BCUT2D eigenvalue weighted by Gasteiger charge is -2.25. The number of nitrogens with two attached hydrogens (primary N) is 1. The monoisotopic (exact) mass is 2030 g/mol. The molecule has 754 valence electrons. The fourth-order valence-electron chi connectivity index (χ4n) is 14.5. The lowest BCUT2D eigenvalue weighted by atomic mass is 10.0. The number of azide groups is 2. The first-order valence-electron chi connectivity index (χ1n) is 43.2. The Hall–Kier alpha value is -12.6. The number of carbonyl (C=O) groups excluding carboxylic acids is 8. The number of esters is 4. The molecule has 5 saturated heterocycles. The first-order valence-corrected chi connectivity index (χ1v) is 50.4. The van der Waals surface area contributed by atoms with E-state index in [1.165, 1.54) is 91.8 Å². The summed E-state index contributed by atoms with van der Waals surface area (Å²) in [5.74, 6) is -4.50. The minimum atomic E-state index is -4.13. The molecular weight excluding hydrogens is 1910 g/mol. The van der Waals surface area contributed by atoms with Crippen LogP contribution in [0.3, 0.4) is 0 Å². The minimum absolute atomic E-state index is 0.00375. The topological polar surface area (TPSA) is 608 Å². The average Bonchev–Trinajstić information content (AvgIpc) is 1.65. The van der Waals surface area contributed by atoms with Gasteiger partial charge in [0.1, 0.15) is 53.8 Å². The van der Waals surface area contributed by atoms with Crippen molar-refractivity contribution < 1.29 is 128 Å². The normalized spacial score (nSPS) is 20.2. The van der Waals surface area contributed by atoms with E-state index < -0.39 is 177 Å². The molecule has 0 spiro atoms. The van der Waals surface area contributed by atoms with Gasteiger partial charge in [-0.2, -0.15) is 25.6 Å². The first kappa shape index (κ1) is 113. The molecule has 7 N–H and O–H groups in total. The summed E-state index contributed by atoms with van der Waals surface area (Å²) >= 11 is 0. The maximum Gasteiger partial charge on any atom is 0.414 e. The number of aliphatic carboxylic acids is 1. The van der Waals surface area contributed by atoms with Crippen molar-refractivity contribution in [1.29, 1.82) is 0 Å². The zero-order chi connectivity index (χ0) is 103. The van der Waals surface area contributed by atoms with Crippen molar-refractivity contribution in [2.45, 2.75) is 191 Å². The van der Waals surface area contributed by atoms with Crippen molar-refractivity contribution >= 4 is 104 Å². The molecule has 0 radical (unpaired) electrons. The van der Waals surface area contributed by atoms with Crippen LogP contribution in [0.4, 0.5) is 9.59 Å². The number of amides is 4. The third-order valence-electron chi connectivity index (χ3n) is 21.9. The molecule has 0 bridgehead atoms. The van der Waals surface area contributed by atoms with Gasteiger partial charge in [0.15, 0.2) is 0 Å². The van der Waals surface area contributed by atoms with Gasteiger partial charge < -0.3 is 70.1 Å². The van der Waals surface area contributed by atoms with E-state index in [4.69, 9.17) is 54.9 Å². The molecule has 5 aliphatic heterocycles. The average molecular weight is 2030 g/mol. The smallest absolute Gasteiger partial charge is 0.414 e. The number of carboxylic acids is 1. The number of nitrogens with zero attached hydrogens (tertiary/aromatic N) is 12. The lowest BCUT2D eigenvalue weighted by molar-refractivity contribution is -0.145. The number of hydrogen-bond donors (Lipinski definition) is 6. The second-order valence-electron chi connectivity index (χ2n) is 32.6. The zero-order valence-electron chi connectivity index (χ0n) is 79.1. The van der Waals surface area contributed by atoms with Gasteiger partial charge in [-0.3, -0.25) is 28.2 Å². The highest BCUT2D eigenvalue weighted by atomic mass is 32.2. The van der Waals surface area contributed by atoms with E-state index in [1.807, 2.05) is 48.5 Å². The summed E-state index contributed by atoms with van der Waals surface area (Å²) in [5.41, 5.74) is 29.2. The van der Waals surface area contributed by atoms with Crippen LogP contribution in [0.5, 0.6) is 11.5 Å². The Morgan fingerprint density at radius 2 is 0.755 bits per heavy atom. The fraction of sp³-hybridized carbons (Fsp3) is 0.433. The standard InChI is InChI=1S/C25H30N6O7S.C25H32N4O7S.C20H23NO7S2.C13H16N4O4S.C5H9NO3.C2H6/c1-16-5-11-20(12-6-16)39(35,36)31-15-18(28-29-26)14-22(31)23(32)27-21(24(33)37-4)13-17-7-9-19(10-8-17)38-25(34)30(2)3;1-16-5-11-20(12-6-16)37(33,34)29-15-18(26)14-22(29)23(30)27-21(24(31)35-4)13-17-7-9-19(10-8-17)36-25(32)28(2)3;1-14-4-8-17(9-5-14)29(23,24)21-13-16(12-19(21)20(22)27-3)28-30(25,26)18-10-6-15(2)7-11-18;1-9-3-5-11(6-4-9)22(19,20)17-8-10(15-16-14)7-12(17)13(18)21-2;7-3-1-4(5(8)9)6-2-3;1-2/h5-12,18,21-22H,13-15H2,1-4H3,(H,27,32);5-12,18,21-22H,13-15,26H2,1-4H3,(H,27,30);4-11,16,19H,12-13H2,1-3H3;3-6,10,12H,7-8H2,1-2H3;3-4,6-7H,1-2H2,(H,8,9);1-2H3/t2*18-,21+,22+;16-,19-;10-,12+;3-,4-;/m11010./s1. The molecule has 12 atom stereocenters. The number of nitrogens with one attached hydrogen (secondary N) is 3. The number of benzene rings is 7. The third kappa shape index (κ3) is 31.2. The van der Waals surface area contributed by atoms with Gasteiger partial charge in [-0.25, -0.2) is 52.8 Å². The molecule has 139 heavy (non-hydrogen) atoms. The molecule has 12 rings (SSSR count). The summed E-state index contributed by atoms with van der Waals surface area (Å²) in [7, 11) is -9.23. The minimum Gasteiger partial charge on any atom is -0.480 e. The summed E-state index contributed by atoms with van der Waals surface area (Å²) in [6.45, 7) is 13.0. The molecule has 7 aromatic rings. The van der Waals surface area contributed by atoms with Crippen molar-refractivity contribution in [3.05, 3.63) is 230 Å². The number of rotatable bonds is 28. The van der Waals surface area contributed by atoms with E-state index in [0.29, 0.717) is 35.6 Å². The second kappa shape index (κ2) is 51.4. The van der Waals surface area contributed by atoms with Crippen molar-refractivity contribution in [2.24, 2.45) is 16.0 Å². The van der Waals surface area contributed by atoms with Crippen LogP contribution in [0.25, 0.3) is 20.9 Å². The largest absolute Gasteiger partial charge is 0.480 e. The number of aliphatic hydroxyl groups excluding tert-OH is 1. The summed E-state index contributed by atoms with van der Waals surface area (Å²) in [6, 6.07) is 34.8. The Morgan fingerprint density at radius 3 is 1.06 bits per heavy atom. The number of hydrogen-bond acceptors (Lipinski definition) is 31. The number of carbonyl (C=O) groups is 9. The van der Waals surface area contributed by atoms with Crippen molar-refractivity contribution in [3.63, 3.8) is 0 Å². The lowest BCUT2D eigenvalue weighted by Crippen LogP contribution is -2.51. The Labute approximate surface area is 807 Å². The highest BCUT2D eigenvalue weighted by molar-refractivity contribution is 7.90. The molecule has 0 saturated carbocycles. The van der Waals surface area contributed by atoms with Crippen molar-refractivity contribution in [3.8, 4) is 11.5 Å².